The molecule has 3 aromatic rings. The lowest BCUT2D eigenvalue weighted by Gasteiger charge is -2.03. The standard InChI is InChI=1S/C17H13NO3S/c1-2-14(19)12-8-9-13-15(10-12)22-17(21)18(13)16(20)11-6-4-3-5-7-11/h3-10H,2H2,1H3. The number of carbonyl (C=O) groups excluding carboxylic acids is 2. The molecule has 0 aliphatic carbocycles. The third-order valence-corrected chi connectivity index (χ3v) is 4.35. The van der Waals surface area contributed by atoms with E-state index in [0.717, 1.165) is 15.9 Å². The van der Waals surface area contributed by atoms with E-state index < -0.39 is 0 Å². The van der Waals surface area contributed by atoms with E-state index in [0.29, 0.717) is 27.8 Å². The molecule has 0 atom stereocenters. The first-order valence-corrected chi connectivity index (χ1v) is 7.72. The zero-order valence-electron chi connectivity index (χ0n) is 11.9. The van der Waals surface area contributed by atoms with Crippen molar-refractivity contribution >= 4 is 33.2 Å². The lowest BCUT2D eigenvalue weighted by atomic mass is 10.1. The molecule has 0 fully saturated rings. The van der Waals surface area contributed by atoms with Gasteiger partial charge in [-0.05, 0) is 30.3 Å². The van der Waals surface area contributed by atoms with Gasteiger partial charge >= 0.3 is 4.87 Å². The Morgan fingerprint density at radius 2 is 1.77 bits per heavy atom. The summed E-state index contributed by atoms with van der Waals surface area (Å²) in [6.07, 6.45) is 0.407. The molecule has 1 heterocycles. The number of rotatable bonds is 3. The molecule has 0 aliphatic heterocycles. The summed E-state index contributed by atoms with van der Waals surface area (Å²) in [5.74, 6) is -0.338. The minimum Gasteiger partial charge on any atom is -0.294 e. The summed E-state index contributed by atoms with van der Waals surface area (Å²) in [5, 5.41) is 0. The zero-order valence-corrected chi connectivity index (χ0v) is 12.7. The van der Waals surface area contributed by atoms with Crippen molar-refractivity contribution in [2.75, 3.05) is 0 Å². The summed E-state index contributed by atoms with van der Waals surface area (Å²) in [6.45, 7) is 1.79. The molecule has 0 spiro atoms. The maximum absolute atomic E-state index is 12.5. The van der Waals surface area contributed by atoms with Crippen molar-refractivity contribution in [3.05, 3.63) is 69.3 Å². The van der Waals surface area contributed by atoms with Crippen molar-refractivity contribution in [3.8, 4) is 0 Å². The van der Waals surface area contributed by atoms with Gasteiger partial charge in [0, 0.05) is 17.5 Å². The molecule has 22 heavy (non-hydrogen) atoms. The minimum absolute atomic E-state index is 0.0173. The van der Waals surface area contributed by atoms with Crippen LogP contribution in [0.3, 0.4) is 0 Å². The molecule has 0 amide bonds. The van der Waals surface area contributed by atoms with Crippen LogP contribution in [0.15, 0.2) is 53.3 Å². The fourth-order valence-corrected chi connectivity index (χ4v) is 3.21. The second kappa shape index (κ2) is 5.69. The van der Waals surface area contributed by atoms with E-state index >= 15 is 0 Å². The van der Waals surface area contributed by atoms with Crippen LogP contribution < -0.4 is 4.87 Å². The van der Waals surface area contributed by atoms with Gasteiger partial charge in [0.2, 0.25) is 0 Å². The lowest BCUT2D eigenvalue weighted by Crippen LogP contribution is -2.22. The van der Waals surface area contributed by atoms with E-state index in [1.54, 1.807) is 49.4 Å². The number of hydrogen-bond acceptors (Lipinski definition) is 4. The van der Waals surface area contributed by atoms with Gasteiger partial charge in [-0.25, -0.2) is 4.57 Å². The van der Waals surface area contributed by atoms with E-state index in [4.69, 9.17) is 0 Å². The van der Waals surface area contributed by atoms with Crippen molar-refractivity contribution in [2.45, 2.75) is 13.3 Å². The average Bonchev–Trinajstić information content (AvgIpc) is 2.89. The average molecular weight is 311 g/mol. The number of ketones is 1. The van der Waals surface area contributed by atoms with Crippen LogP contribution in [0, 0.1) is 0 Å². The number of benzene rings is 2. The molecule has 110 valence electrons. The molecule has 4 nitrogen and oxygen atoms in total. The number of fused-ring (bicyclic) bond motifs is 1. The van der Waals surface area contributed by atoms with Crippen molar-refractivity contribution in [1.82, 2.24) is 4.57 Å². The van der Waals surface area contributed by atoms with Gasteiger partial charge < -0.3 is 0 Å². The molecule has 0 N–H and O–H groups in total. The summed E-state index contributed by atoms with van der Waals surface area (Å²) in [7, 11) is 0. The van der Waals surface area contributed by atoms with Gasteiger partial charge in [-0.2, -0.15) is 0 Å². The van der Waals surface area contributed by atoms with Crippen LogP contribution in [-0.4, -0.2) is 16.3 Å². The monoisotopic (exact) mass is 311 g/mol. The van der Waals surface area contributed by atoms with E-state index in [-0.39, 0.29) is 16.6 Å². The second-order valence-corrected chi connectivity index (χ2v) is 5.83. The van der Waals surface area contributed by atoms with Crippen LogP contribution >= 0.6 is 11.3 Å². The number of nitrogens with zero attached hydrogens (tertiary/aromatic N) is 1. The van der Waals surface area contributed by atoms with Crippen molar-refractivity contribution in [1.29, 1.82) is 0 Å². The molecular formula is C17H13NO3S. The normalized spacial score (nSPS) is 10.8. The minimum atomic E-state index is -0.355. The summed E-state index contributed by atoms with van der Waals surface area (Å²) in [6, 6.07) is 13.7. The first-order chi connectivity index (χ1) is 10.6. The third-order valence-electron chi connectivity index (χ3n) is 3.45. The highest BCUT2D eigenvalue weighted by atomic mass is 32.1. The van der Waals surface area contributed by atoms with Crippen LogP contribution in [0.2, 0.25) is 0 Å². The highest BCUT2D eigenvalue weighted by molar-refractivity contribution is 7.16. The summed E-state index contributed by atoms with van der Waals surface area (Å²) < 4.78 is 1.81. The SMILES string of the molecule is CCC(=O)c1ccc2c(c1)sc(=O)n2C(=O)c1ccccc1. The van der Waals surface area contributed by atoms with Crippen molar-refractivity contribution in [3.63, 3.8) is 0 Å². The Bertz CT molecular complexity index is 922. The molecule has 0 aliphatic rings. The van der Waals surface area contributed by atoms with Crippen LogP contribution in [0.5, 0.6) is 0 Å². The van der Waals surface area contributed by atoms with Gasteiger partial charge in [-0.15, -0.1) is 0 Å². The van der Waals surface area contributed by atoms with Gasteiger partial charge in [0.25, 0.3) is 5.91 Å². The van der Waals surface area contributed by atoms with Gasteiger partial charge in [-0.1, -0.05) is 36.5 Å². The molecule has 1 aromatic heterocycles. The van der Waals surface area contributed by atoms with Crippen LogP contribution in [0.4, 0.5) is 0 Å². The lowest BCUT2D eigenvalue weighted by molar-refractivity contribution is 0.0961. The Kier molecular flexibility index (Phi) is 3.73. The van der Waals surface area contributed by atoms with E-state index in [1.165, 1.54) is 0 Å². The molecule has 5 heteroatoms. The quantitative estimate of drug-likeness (QED) is 0.697. The Balaban J connectivity index is 2.15. The molecular weight excluding hydrogens is 298 g/mol. The molecule has 0 saturated heterocycles. The third kappa shape index (κ3) is 2.40. The second-order valence-electron chi connectivity index (χ2n) is 4.83. The van der Waals surface area contributed by atoms with Gasteiger partial charge in [-0.3, -0.25) is 14.4 Å². The van der Waals surface area contributed by atoms with Crippen LogP contribution in [-0.2, 0) is 0 Å². The molecule has 0 bridgehead atoms. The smallest absolute Gasteiger partial charge is 0.294 e. The first kappa shape index (κ1) is 14.4. The van der Waals surface area contributed by atoms with Gasteiger partial charge in [0.05, 0.1) is 10.2 Å². The van der Waals surface area contributed by atoms with E-state index in [1.807, 2.05) is 6.07 Å². The highest BCUT2D eigenvalue weighted by Gasteiger charge is 2.17. The number of carbonyl (C=O) groups is 2. The largest absolute Gasteiger partial charge is 0.315 e. The Morgan fingerprint density at radius 1 is 1.05 bits per heavy atom. The van der Waals surface area contributed by atoms with Crippen molar-refractivity contribution in [2.24, 2.45) is 0 Å². The Labute approximate surface area is 130 Å². The van der Waals surface area contributed by atoms with Crippen LogP contribution in [0.1, 0.15) is 34.1 Å². The number of aromatic nitrogens is 1. The zero-order chi connectivity index (χ0) is 15.7. The number of thiazole rings is 1. The maximum atomic E-state index is 12.5. The molecule has 2 aromatic carbocycles. The number of Topliss-reactive ketones (excluding diaryl/α,β-unsaturated/α-hetero) is 1. The van der Waals surface area contributed by atoms with E-state index in [9.17, 15) is 14.4 Å². The Hall–Kier alpha value is -2.53. The molecule has 0 saturated carbocycles. The molecule has 0 radical (unpaired) electrons. The predicted molar refractivity (Wildman–Crippen MR) is 86.9 cm³/mol. The fraction of sp³-hybridized carbons (Fsp3) is 0.118. The van der Waals surface area contributed by atoms with Crippen LogP contribution in [0.25, 0.3) is 10.2 Å². The van der Waals surface area contributed by atoms with Gasteiger partial charge in [0.15, 0.2) is 5.78 Å². The molecule has 0 unspecified atom stereocenters. The topological polar surface area (TPSA) is 56.1 Å². The van der Waals surface area contributed by atoms with Gasteiger partial charge in [0.1, 0.15) is 0 Å². The van der Waals surface area contributed by atoms with E-state index in [2.05, 4.69) is 0 Å². The van der Waals surface area contributed by atoms with Crippen molar-refractivity contribution < 1.29 is 9.59 Å². The molecule has 3 rings (SSSR count). The fourth-order valence-electron chi connectivity index (χ4n) is 2.30. The Morgan fingerprint density at radius 3 is 2.45 bits per heavy atom. The first-order valence-electron chi connectivity index (χ1n) is 6.90. The summed E-state index contributed by atoms with van der Waals surface area (Å²) >= 11 is 0.978. The maximum Gasteiger partial charge on any atom is 0.315 e. The summed E-state index contributed by atoms with van der Waals surface area (Å²) in [4.78, 5) is 36.1. The summed E-state index contributed by atoms with van der Waals surface area (Å²) in [5.41, 5.74) is 1.56. The highest BCUT2D eigenvalue weighted by Crippen LogP contribution is 2.21. The predicted octanol–water partition coefficient (Wildman–Crippen LogP) is 3.34. The number of hydrogen-bond donors (Lipinski definition) is 0.